The summed E-state index contributed by atoms with van der Waals surface area (Å²) in [5, 5.41) is 19.0. The van der Waals surface area contributed by atoms with Gasteiger partial charge in [-0.1, -0.05) is 24.3 Å². The minimum atomic E-state index is -0.565. The van der Waals surface area contributed by atoms with E-state index in [4.69, 9.17) is 10.00 Å². The number of aryl methyl sites for hydroxylation is 1. The van der Waals surface area contributed by atoms with Crippen LogP contribution in [-0.2, 0) is 11.2 Å². The average molecular weight is 302 g/mol. The first-order valence-corrected chi connectivity index (χ1v) is 8.10. The average Bonchev–Trinajstić information content (AvgIpc) is 2.52. The molecule has 4 heteroatoms. The fourth-order valence-corrected chi connectivity index (χ4v) is 2.98. The lowest BCUT2D eigenvalue weighted by Crippen LogP contribution is -2.39. The molecule has 1 aromatic rings. The van der Waals surface area contributed by atoms with Crippen LogP contribution >= 0.6 is 0 Å². The van der Waals surface area contributed by atoms with Gasteiger partial charge in [0.05, 0.1) is 31.4 Å². The van der Waals surface area contributed by atoms with Crippen molar-refractivity contribution in [2.45, 2.75) is 51.4 Å². The van der Waals surface area contributed by atoms with Crippen LogP contribution in [0, 0.1) is 11.3 Å². The van der Waals surface area contributed by atoms with Crippen molar-refractivity contribution in [1.29, 1.82) is 5.26 Å². The lowest BCUT2D eigenvalue weighted by Gasteiger charge is -2.29. The molecule has 0 amide bonds. The molecule has 0 saturated carbocycles. The molecule has 120 valence electrons. The summed E-state index contributed by atoms with van der Waals surface area (Å²) in [6.45, 7) is 5.18. The summed E-state index contributed by atoms with van der Waals surface area (Å²) >= 11 is 0. The third kappa shape index (κ3) is 4.54. The third-order valence-electron chi connectivity index (χ3n) is 4.25. The standard InChI is InChI=1S/C18H26N2O2/c1-14(2)20(11-10-19)12-16(21)13-22-18-9-5-7-15-6-3-4-8-17(15)18/h3-4,6,8,14,16,18,21H,5,7,9,11-13H2,1-2H3. The van der Waals surface area contributed by atoms with E-state index >= 15 is 0 Å². The summed E-state index contributed by atoms with van der Waals surface area (Å²) in [5.41, 5.74) is 2.63. The summed E-state index contributed by atoms with van der Waals surface area (Å²) in [7, 11) is 0. The van der Waals surface area contributed by atoms with Crippen molar-refractivity contribution in [2.75, 3.05) is 19.7 Å². The molecule has 0 radical (unpaired) electrons. The smallest absolute Gasteiger partial charge is 0.0900 e. The molecule has 0 aliphatic heterocycles. The Labute approximate surface area is 133 Å². The zero-order chi connectivity index (χ0) is 15.9. The molecule has 4 nitrogen and oxygen atoms in total. The normalized spacial score (nSPS) is 19.0. The molecule has 0 saturated heterocycles. The molecule has 1 N–H and O–H groups in total. The van der Waals surface area contributed by atoms with E-state index in [1.807, 2.05) is 24.8 Å². The van der Waals surface area contributed by atoms with Crippen LogP contribution in [0.1, 0.15) is 43.9 Å². The molecular weight excluding hydrogens is 276 g/mol. The van der Waals surface area contributed by atoms with Gasteiger partial charge in [0.1, 0.15) is 0 Å². The predicted octanol–water partition coefficient (Wildman–Crippen LogP) is 2.68. The van der Waals surface area contributed by atoms with Gasteiger partial charge in [0, 0.05) is 12.6 Å². The third-order valence-corrected chi connectivity index (χ3v) is 4.25. The number of nitriles is 1. The lowest BCUT2D eigenvalue weighted by molar-refractivity contribution is -0.0296. The Morgan fingerprint density at radius 3 is 2.91 bits per heavy atom. The highest BCUT2D eigenvalue weighted by atomic mass is 16.5. The van der Waals surface area contributed by atoms with Gasteiger partial charge in [0.15, 0.2) is 0 Å². The number of aliphatic hydroxyl groups excluding tert-OH is 1. The van der Waals surface area contributed by atoms with E-state index in [0.29, 0.717) is 19.7 Å². The number of rotatable bonds is 7. The maximum atomic E-state index is 10.2. The van der Waals surface area contributed by atoms with Crippen molar-refractivity contribution >= 4 is 0 Å². The Morgan fingerprint density at radius 1 is 1.41 bits per heavy atom. The lowest BCUT2D eigenvalue weighted by atomic mass is 9.89. The summed E-state index contributed by atoms with van der Waals surface area (Å²) in [5.74, 6) is 0. The Bertz CT molecular complexity index is 510. The van der Waals surface area contributed by atoms with Gasteiger partial charge in [-0.15, -0.1) is 0 Å². The van der Waals surface area contributed by atoms with E-state index in [-0.39, 0.29) is 12.1 Å². The molecule has 2 atom stereocenters. The highest BCUT2D eigenvalue weighted by Crippen LogP contribution is 2.32. The SMILES string of the molecule is CC(C)N(CC#N)CC(O)COC1CCCc2ccccc21. The van der Waals surface area contributed by atoms with Gasteiger partial charge in [-0.2, -0.15) is 5.26 Å². The van der Waals surface area contributed by atoms with E-state index in [1.165, 1.54) is 11.1 Å². The van der Waals surface area contributed by atoms with Gasteiger partial charge in [-0.3, -0.25) is 4.90 Å². The second-order valence-corrected chi connectivity index (χ2v) is 6.25. The number of fused-ring (bicyclic) bond motifs is 1. The van der Waals surface area contributed by atoms with E-state index in [0.717, 1.165) is 19.3 Å². The first-order chi connectivity index (χ1) is 10.6. The van der Waals surface area contributed by atoms with Gasteiger partial charge < -0.3 is 9.84 Å². The Morgan fingerprint density at radius 2 is 2.18 bits per heavy atom. The van der Waals surface area contributed by atoms with Crippen LogP contribution in [0.2, 0.25) is 0 Å². The maximum Gasteiger partial charge on any atom is 0.0900 e. The molecular formula is C18H26N2O2. The number of nitrogens with zero attached hydrogens (tertiary/aromatic N) is 2. The second kappa shape index (κ2) is 8.28. The van der Waals surface area contributed by atoms with E-state index in [9.17, 15) is 5.11 Å². The number of ether oxygens (including phenoxy) is 1. The fourth-order valence-electron chi connectivity index (χ4n) is 2.98. The van der Waals surface area contributed by atoms with Crippen LogP contribution in [0.5, 0.6) is 0 Å². The van der Waals surface area contributed by atoms with Crippen molar-refractivity contribution in [3.8, 4) is 6.07 Å². The summed E-state index contributed by atoms with van der Waals surface area (Å²) in [4.78, 5) is 1.96. The Hall–Kier alpha value is -1.41. The van der Waals surface area contributed by atoms with Crippen molar-refractivity contribution in [3.05, 3.63) is 35.4 Å². The largest absolute Gasteiger partial charge is 0.389 e. The van der Waals surface area contributed by atoms with Crippen molar-refractivity contribution in [2.24, 2.45) is 0 Å². The fraction of sp³-hybridized carbons (Fsp3) is 0.611. The van der Waals surface area contributed by atoms with Crippen LogP contribution < -0.4 is 0 Å². The first kappa shape index (κ1) is 17.0. The van der Waals surface area contributed by atoms with E-state index in [1.54, 1.807) is 0 Å². The molecule has 2 rings (SSSR count). The Kier molecular flexibility index (Phi) is 6.38. The van der Waals surface area contributed by atoms with Crippen molar-refractivity contribution in [3.63, 3.8) is 0 Å². The van der Waals surface area contributed by atoms with Crippen LogP contribution in [-0.4, -0.2) is 41.8 Å². The monoisotopic (exact) mass is 302 g/mol. The van der Waals surface area contributed by atoms with Crippen LogP contribution in [0.3, 0.4) is 0 Å². The molecule has 0 spiro atoms. The van der Waals surface area contributed by atoms with Gasteiger partial charge >= 0.3 is 0 Å². The number of hydrogen-bond acceptors (Lipinski definition) is 4. The zero-order valence-electron chi connectivity index (χ0n) is 13.5. The molecule has 1 aliphatic rings. The topological polar surface area (TPSA) is 56.5 Å². The zero-order valence-corrected chi connectivity index (χ0v) is 13.5. The quantitative estimate of drug-likeness (QED) is 0.787. The summed E-state index contributed by atoms with van der Waals surface area (Å²) in [6, 6.07) is 10.8. The van der Waals surface area contributed by atoms with Crippen LogP contribution in [0.4, 0.5) is 0 Å². The molecule has 2 unspecified atom stereocenters. The molecule has 0 fully saturated rings. The molecule has 0 aromatic heterocycles. The highest BCUT2D eigenvalue weighted by Gasteiger charge is 2.22. The Balaban J connectivity index is 1.87. The number of aliphatic hydroxyl groups is 1. The molecule has 0 bridgehead atoms. The second-order valence-electron chi connectivity index (χ2n) is 6.25. The van der Waals surface area contributed by atoms with E-state index < -0.39 is 6.10 Å². The minimum absolute atomic E-state index is 0.0862. The molecule has 1 aromatic carbocycles. The maximum absolute atomic E-state index is 10.2. The van der Waals surface area contributed by atoms with E-state index in [2.05, 4.69) is 24.3 Å². The molecule has 1 aliphatic carbocycles. The van der Waals surface area contributed by atoms with Gasteiger partial charge in [0.2, 0.25) is 0 Å². The van der Waals surface area contributed by atoms with Gasteiger partial charge in [-0.25, -0.2) is 0 Å². The highest BCUT2D eigenvalue weighted by molar-refractivity contribution is 5.31. The van der Waals surface area contributed by atoms with Gasteiger partial charge in [-0.05, 0) is 44.2 Å². The number of benzene rings is 1. The number of hydrogen-bond donors (Lipinski definition) is 1. The molecule has 22 heavy (non-hydrogen) atoms. The van der Waals surface area contributed by atoms with Gasteiger partial charge in [0.25, 0.3) is 0 Å². The predicted molar refractivity (Wildman–Crippen MR) is 86.4 cm³/mol. The van der Waals surface area contributed by atoms with Crippen LogP contribution in [0.25, 0.3) is 0 Å². The molecule has 0 heterocycles. The van der Waals surface area contributed by atoms with Crippen LogP contribution in [0.15, 0.2) is 24.3 Å². The van der Waals surface area contributed by atoms with Crippen molar-refractivity contribution < 1.29 is 9.84 Å². The first-order valence-electron chi connectivity index (χ1n) is 8.10. The van der Waals surface area contributed by atoms with Crippen molar-refractivity contribution in [1.82, 2.24) is 4.90 Å². The summed E-state index contributed by atoms with van der Waals surface area (Å²) < 4.78 is 5.97. The summed E-state index contributed by atoms with van der Waals surface area (Å²) in [6.07, 6.45) is 2.77. The minimum Gasteiger partial charge on any atom is -0.389 e.